The summed E-state index contributed by atoms with van der Waals surface area (Å²) < 4.78 is 35.2. The van der Waals surface area contributed by atoms with Crippen LogP contribution in [0.5, 0.6) is 11.5 Å². The number of methoxy groups -OCH3 is 2. The number of aromatic nitrogens is 1. The van der Waals surface area contributed by atoms with Gasteiger partial charge in [0, 0.05) is 0 Å². The third-order valence-electron chi connectivity index (χ3n) is 1.60. The molecule has 1 aromatic rings. The van der Waals surface area contributed by atoms with Crippen molar-refractivity contribution in [2.45, 2.75) is 6.43 Å². The molecular formula is C8H8F2INO2. The Hall–Kier alpha value is -0.660. The van der Waals surface area contributed by atoms with Crippen LogP contribution in [0.15, 0.2) is 6.20 Å². The molecule has 0 spiro atoms. The molecular weight excluding hydrogens is 307 g/mol. The van der Waals surface area contributed by atoms with E-state index in [4.69, 9.17) is 9.47 Å². The largest absolute Gasteiger partial charge is 0.494 e. The molecule has 1 heterocycles. The van der Waals surface area contributed by atoms with Gasteiger partial charge in [0.1, 0.15) is 9.26 Å². The second kappa shape index (κ2) is 4.72. The summed E-state index contributed by atoms with van der Waals surface area (Å²) >= 11 is 1.88. The van der Waals surface area contributed by atoms with E-state index in [1.807, 2.05) is 22.6 Å². The second-order valence-electron chi connectivity index (χ2n) is 2.36. The van der Waals surface area contributed by atoms with Crippen LogP contribution >= 0.6 is 22.6 Å². The highest BCUT2D eigenvalue weighted by molar-refractivity contribution is 14.1. The van der Waals surface area contributed by atoms with E-state index in [1.165, 1.54) is 20.4 Å². The standard InChI is InChI=1S/C8H8F2INO2/c1-13-4-3-12-6(8(9)10)7(14-2)5(4)11/h3,8H,1-2H3. The highest BCUT2D eigenvalue weighted by Gasteiger charge is 2.20. The minimum Gasteiger partial charge on any atom is -0.494 e. The van der Waals surface area contributed by atoms with Crippen LogP contribution in [-0.4, -0.2) is 19.2 Å². The number of hydrogen-bond donors (Lipinski definition) is 0. The lowest BCUT2D eigenvalue weighted by Gasteiger charge is -2.11. The molecule has 1 rings (SSSR count). The molecule has 0 aromatic carbocycles. The fraction of sp³-hybridized carbons (Fsp3) is 0.375. The van der Waals surface area contributed by atoms with Crippen LogP contribution in [0, 0.1) is 3.57 Å². The van der Waals surface area contributed by atoms with Gasteiger partial charge in [-0.3, -0.25) is 0 Å². The molecule has 78 valence electrons. The Morgan fingerprint density at radius 1 is 1.36 bits per heavy atom. The normalized spacial score (nSPS) is 10.4. The highest BCUT2D eigenvalue weighted by Crippen LogP contribution is 2.35. The van der Waals surface area contributed by atoms with Gasteiger partial charge in [0.15, 0.2) is 11.5 Å². The van der Waals surface area contributed by atoms with E-state index in [0.29, 0.717) is 9.32 Å². The summed E-state index contributed by atoms with van der Waals surface area (Å²) in [5, 5.41) is 0. The number of pyridine rings is 1. The fourth-order valence-corrected chi connectivity index (χ4v) is 1.82. The third-order valence-corrected chi connectivity index (χ3v) is 2.62. The van der Waals surface area contributed by atoms with E-state index in [0.717, 1.165) is 0 Å². The highest BCUT2D eigenvalue weighted by atomic mass is 127. The molecule has 0 saturated heterocycles. The maximum atomic E-state index is 12.4. The molecule has 0 amide bonds. The maximum absolute atomic E-state index is 12.4. The Labute approximate surface area is 93.6 Å². The molecule has 0 aliphatic heterocycles. The molecule has 0 aliphatic rings. The SMILES string of the molecule is COc1cnc(C(F)F)c(OC)c1I. The van der Waals surface area contributed by atoms with Gasteiger partial charge in [-0.2, -0.15) is 0 Å². The Kier molecular flexibility index (Phi) is 3.85. The molecule has 0 saturated carbocycles. The molecule has 0 bridgehead atoms. The Morgan fingerprint density at radius 2 is 2.00 bits per heavy atom. The molecule has 0 aliphatic carbocycles. The zero-order valence-corrected chi connectivity index (χ0v) is 9.71. The van der Waals surface area contributed by atoms with E-state index in [2.05, 4.69) is 4.98 Å². The van der Waals surface area contributed by atoms with Crippen molar-refractivity contribution in [1.29, 1.82) is 0 Å². The lowest BCUT2D eigenvalue weighted by Crippen LogP contribution is -2.00. The lowest BCUT2D eigenvalue weighted by molar-refractivity contribution is 0.141. The molecule has 3 nitrogen and oxygen atoms in total. The predicted octanol–water partition coefficient (Wildman–Crippen LogP) is 2.64. The average Bonchev–Trinajstić information content (AvgIpc) is 2.17. The van der Waals surface area contributed by atoms with E-state index in [1.54, 1.807) is 0 Å². The van der Waals surface area contributed by atoms with Gasteiger partial charge in [0.05, 0.1) is 20.4 Å². The summed E-state index contributed by atoms with van der Waals surface area (Å²) in [6.07, 6.45) is -1.39. The van der Waals surface area contributed by atoms with Gasteiger partial charge >= 0.3 is 0 Å². The summed E-state index contributed by atoms with van der Waals surface area (Å²) in [5.74, 6) is 0.492. The van der Waals surface area contributed by atoms with Crippen molar-refractivity contribution >= 4 is 22.6 Å². The monoisotopic (exact) mass is 315 g/mol. The summed E-state index contributed by atoms with van der Waals surface area (Å²) in [5.41, 5.74) is -0.363. The molecule has 6 heteroatoms. The van der Waals surface area contributed by atoms with E-state index >= 15 is 0 Å². The quantitative estimate of drug-likeness (QED) is 0.804. The Bertz CT molecular complexity index is 333. The smallest absolute Gasteiger partial charge is 0.284 e. The Balaban J connectivity index is 3.28. The van der Waals surface area contributed by atoms with Gasteiger partial charge in [0.2, 0.25) is 0 Å². The topological polar surface area (TPSA) is 31.4 Å². The van der Waals surface area contributed by atoms with Crippen molar-refractivity contribution in [3.63, 3.8) is 0 Å². The fourth-order valence-electron chi connectivity index (χ4n) is 0.960. The van der Waals surface area contributed by atoms with Crippen LogP contribution in [0.25, 0.3) is 0 Å². The number of nitrogens with zero attached hydrogens (tertiary/aromatic N) is 1. The number of ether oxygens (including phenoxy) is 2. The minimum atomic E-state index is -2.65. The van der Waals surface area contributed by atoms with Crippen LogP contribution in [-0.2, 0) is 0 Å². The molecule has 0 atom stereocenters. The van der Waals surface area contributed by atoms with Gasteiger partial charge in [-0.05, 0) is 22.6 Å². The number of alkyl halides is 2. The summed E-state index contributed by atoms with van der Waals surface area (Å²) in [4.78, 5) is 3.58. The molecule has 1 aromatic heterocycles. The van der Waals surface area contributed by atoms with Gasteiger partial charge in [-0.25, -0.2) is 13.8 Å². The zero-order chi connectivity index (χ0) is 10.7. The molecule has 14 heavy (non-hydrogen) atoms. The molecule has 0 unspecified atom stereocenters. The van der Waals surface area contributed by atoms with Crippen molar-refractivity contribution < 1.29 is 18.3 Å². The predicted molar refractivity (Wildman–Crippen MR) is 55.0 cm³/mol. The van der Waals surface area contributed by atoms with Crippen molar-refractivity contribution in [3.8, 4) is 11.5 Å². The molecule has 0 fully saturated rings. The maximum Gasteiger partial charge on any atom is 0.284 e. The number of rotatable bonds is 3. The van der Waals surface area contributed by atoms with Crippen molar-refractivity contribution in [2.24, 2.45) is 0 Å². The first-order chi connectivity index (χ1) is 6.61. The number of halogens is 3. The van der Waals surface area contributed by atoms with Gasteiger partial charge in [-0.1, -0.05) is 0 Å². The Morgan fingerprint density at radius 3 is 2.43 bits per heavy atom. The summed E-state index contributed by atoms with van der Waals surface area (Å²) in [7, 11) is 2.77. The number of hydrogen-bond acceptors (Lipinski definition) is 3. The van der Waals surface area contributed by atoms with E-state index in [-0.39, 0.29) is 11.4 Å². The minimum absolute atomic E-state index is 0.0694. The van der Waals surface area contributed by atoms with E-state index in [9.17, 15) is 8.78 Å². The summed E-state index contributed by atoms with van der Waals surface area (Å²) in [6, 6.07) is 0. The van der Waals surface area contributed by atoms with Gasteiger partial charge in [-0.15, -0.1) is 0 Å². The van der Waals surface area contributed by atoms with Crippen LogP contribution in [0.4, 0.5) is 8.78 Å². The lowest BCUT2D eigenvalue weighted by atomic mass is 10.3. The molecule has 0 N–H and O–H groups in total. The van der Waals surface area contributed by atoms with Crippen molar-refractivity contribution in [3.05, 3.63) is 15.5 Å². The van der Waals surface area contributed by atoms with Gasteiger partial charge in [0.25, 0.3) is 6.43 Å². The van der Waals surface area contributed by atoms with Crippen LogP contribution in [0.3, 0.4) is 0 Å². The molecule has 0 radical (unpaired) electrons. The first-order valence-electron chi connectivity index (χ1n) is 3.66. The van der Waals surface area contributed by atoms with Crippen molar-refractivity contribution in [2.75, 3.05) is 14.2 Å². The summed E-state index contributed by atoms with van der Waals surface area (Å²) in [6.45, 7) is 0. The van der Waals surface area contributed by atoms with Crippen LogP contribution in [0.1, 0.15) is 12.1 Å². The zero-order valence-electron chi connectivity index (χ0n) is 7.55. The first-order valence-corrected chi connectivity index (χ1v) is 4.74. The van der Waals surface area contributed by atoms with Crippen LogP contribution in [0.2, 0.25) is 0 Å². The first kappa shape index (κ1) is 11.4. The average molecular weight is 315 g/mol. The van der Waals surface area contributed by atoms with Crippen LogP contribution < -0.4 is 9.47 Å². The third kappa shape index (κ3) is 2.05. The second-order valence-corrected chi connectivity index (χ2v) is 3.44. The van der Waals surface area contributed by atoms with E-state index < -0.39 is 6.43 Å². The van der Waals surface area contributed by atoms with Crippen molar-refractivity contribution in [1.82, 2.24) is 4.98 Å². The van der Waals surface area contributed by atoms with Gasteiger partial charge < -0.3 is 9.47 Å².